The fourth-order valence-electron chi connectivity index (χ4n) is 3.95. The molecule has 3 aliphatic rings. The molecule has 0 aromatic carbocycles. The van der Waals surface area contributed by atoms with E-state index in [1.807, 2.05) is 35.4 Å². The van der Waals surface area contributed by atoms with Gasteiger partial charge in [0.25, 0.3) is 5.91 Å². The van der Waals surface area contributed by atoms with Crippen molar-refractivity contribution >= 4 is 11.9 Å². The first kappa shape index (κ1) is 14.7. The average molecular weight is 316 g/mol. The van der Waals surface area contributed by atoms with Crippen molar-refractivity contribution in [3.05, 3.63) is 17.6 Å². The van der Waals surface area contributed by atoms with Gasteiger partial charge in [-0.25, -0.2) is 4.68 Å². The standard InChI is InChI=1S/C16H24N6O/c1-11-14(12(2)22-16(19(11)3)17-10-18-22)15(23)21-8-5-13(9-21)20-6-4-7-20/h10,12-13H,4-9H2,1-3H3. The molecule has 0 saturated carbocycles. The van der Waals surface area contributed by atoms with Gasteiger partial charge in [0, 0.05) is 31.9 Å². The lowest BCUT2D eigenvalue weighted by Crippen LogP contribution is -2.47. The minimum Gasteiger partial charge on any atom is -0.337 e. The highest BCUT2D eigenvalue weighted by Crippen LogP contribution is 2.34. The number of carbonyl (C=O) groups excluding carboxylic acids is 1. The number of allylic oxidation sites excluding steroid dienone is 1. The Kier molecular flexibility index (Phi) is 3.41. The Labute approximate surface area is 136 Å². The van der Waals surface area contributed by atoms with Gasteiger partial charge in [0.2, 0.25) is 5.95 Å². The number of rotatable bonds is 2. The van der Waals surface area contributed by atoms with Crippen LogP contribution in [0.2, 0.25) is 0 Å². The molecule has 2 unspecified atom stereocenters. The molecule has 23 heavy (non-hydrogen) atoms. The lowest BCUT2D eigenvalue weighted by Gasteiger charge is -2.36. The van der Waals surface area contributed by atoms with Crippen LogP contribution in [0.4, 0.5) is 5.95 Å². The summed E-state index contributed by atoms with van der Waals surface area (Å²) in [6.07, 6.45) is 3.95. The van der Waals surface area contributed by atoms with Crippen LogP contribution in [0.1, 0.15) is 32.7 Å². The van der Waals surface area contributed by atoms with E-state index in [2.05, 4.69) is 15.0 Å². The van der Waals surface area contributed by atoms with Crippen LogP contribution in [0.25, 0.3) is 0 Å². The molecule has 124 valence electrons. The molecule has 2 fully saturated rings. The number of amides is 1. The van der Waals surface area contributed by atoms with Crippen molar-refractivity contribution in [3.63, 3.8) is 0 Å². The molecule has 0 aliphatic carbocycles. The molecule has 7 nitrogen and oxygen atoms in total. The molecule has 3 aliphatic heterocycles. The zero-order valence-corrected chi connectivity index (χ0v) is 14.1. The second kappa shape index (κ2) is 5.33. The molecule has 2 saturated heterocycles. The number of aromatic nitrogens is 3. The van der Waals surface area contributed by atoms with Crippen molar-refractivity contribution in [1.82, 2.24) is 24.6 Å². The van der Waals surface area contributed by atoms with E-state index in [0.717, 1.165) is 36.7 Å². The summed E-state index contributed by atoms with van der Waals surface area (Å²) in [5, 5.41) is 4.30. The van der Waals surface area contributed by atoms with Crippen molar-refractivity contribution in [3.8, 4) is 0 Å². The van der Waals surface area contributed by atoms with E-state index in [1.165, 1.54) is 19.5 Å². The molecule has 0 radical (unpaired) electrons. The Hall–Kier alpha value is -1.89. The third-order valence-electron chi connectivity index (χ3n) is 5.62. The fourth-order valence-corrected chi connectivity index (χ4v) is 3.95. The molecule has 2 atom stereocenters. The molecule has 4 heterocycles. The minimum absolute atomic E-state index is 0.0701. The topological polar surface area (TPSA) is 57.5 Å². The van der Waals surface area contributed by atoms with Gasteiger partial charge >= 0.3 is 0 Å². The number of likely N-dealkylation sites (tertiary alicyclic amines) is 2. The van der Waals surface area contributed by atoms with Gasteiger partial charge in [-0.2, -0.15) is 10.1 Å². The molecule has 1 amide bonds. The van der Waals surface area contributed by atoms with E-state index in [9.17, 15) is 4.79 Å². The highest BCUT2D eigenvalue weighted by atomic mass is 16.2. The van der Waals surface area contributed by atoms with Crippen molar-refractivity contribution in [2.75, 3.05) is 38.1 Å². The molecule has 1 aromatic heterocycles. The van der Waals surface area contributed by atoms with Gasteiger partial charge in [-0.3, -0.25) is 9.69 Å². The van der Waals surface area contributed by atoms with Crippen molar-refractivity contribution in [2.24, 2.45) is 0 Å². The van der Waals surface area contributed by atoms with Crippen molar-refractivity contribution in [1.29, 1.82) is 0 Å². The molecule has 0 N–H and O–H groups in total. The summed E-state index contributed by atoms with van der Waals surface area (Å²) >= 11 is 0. The molecular formula is C16H24N6O. The predicted octanol–water partition coefficient (Wildman–Crippen LogP) is 0.869. The number of hydrogen-bond donors (Lipinski definition) is 0. The highest BCUT2D eigenvalue weighted by Gasteiger charge is 2.38. The van der Waals surface area contributed by atoms with Crippen LogP contribution < -0.4 is 4.90 Å². The van der Waals surface area contributed by atoms with Gasteiger partial charge in [-0.15, -0.1) is 0 Å². The summed E-state index contributed by atoms with van der Waals surface area (Å²) in [7, 11) is 1.95. The summed E-state index contributed by atoms with van der Waals surface area (Å²) in [4.78, 5) is 23.9. The van der Waals surface area contributed by atoms with Gasteiger partial charge in [0.1, 0.15) is 6.33 Å². The fraction of sp³-hybridized carbons (Fsp3) is 0.688. The Bertz CT molecular complexity index is 661. The van der Waals surface area contributed by atoms with Crippen LogP contribution in [-0.2, 0) is 4.79 Å². The van der Waals surface area contributed by atoms with Crippen LogP contribution in [0.3, 0.4) is 0 Å². The predicted molar refractivity (Wildman–Crippen MR) is 87.0 cm³/mol. The SMILES string of the molecule is CC1=C(C(=O)N2CCC(N3CCC3)C2)C(C)n2ncnc2N1C. The van der Waals surface area contributed by atoms with Crippen molar-refractivity contribution in [2.45, 2.75) is 38.8 Å². The van der Waals surface area contributed by atoms with E-state index in [4.69, 9.17) is 0 Å². The van der Waals surface area contributed by atoms with Crippen LogP contribution in [0.5, 0.6) is 0 Å². The van der Waals surface area contributed by atoms with Crippen LogP contribution in [0.15, 0.2) is 17.6 Å². The Balaban J connectivity index is 1.57. The Morgan fingerprint density at radius 2 is 2.09 bits per heavy atom. The number of hydrogen-bond acceptors (Lipinski definition) is 5. The first-order chi connectivity index (χ1) is 11.1. The second-order valence-electron chi connectivity index (χ2n) is 6.82. The Morgan fingerprint density at radius 1 is 1.30 bits per heavy atom. The number of anilines is 1. The zero-order valence-electron chi connectivity index (χ0n) is 14.1. The van der Waals surface area contributed by atoms with Gasteiger partial charge in [-0.05, 0) is 39.8 Å². The summed E-state index contributed by atoms with van der Waals surface area (Å²) in [5.41, 5.74) is 1.82. The van der Waals surface area contributed by atoms with Crippen molar-refractivity contribution < 1.29 is 4.79 Å². The smallest absolute Gasteiger partial charge is 0.253 e. The monoisotopic (exact) mass is 316 g/mol. The molecule has 0 bridgehead atoms. The van der Waals surface area contributed by atoms with E-state index in [1.54, 1.807) is 6.33 Å². The largest absolute Gasteiger partial charge is 0.337 e. The van der Waals surface area contributed by atoms with Crippen LogP contribution in [0, 0.1) is 0 Å². The maximum Gasteiger partial charge on any atom is 0.253 e. The van der Waals surface area contributed by atoms with Gasteiger partial charge < -0.3 is 9.80 Å². The van der Waals surface area contributed by atoms with E-state index >= 15 is 0 Å². The zero-order chi connectivity index (χ0) is 16.1. The Morgan fingerprint density at radius 3 is 2.78 bits per heavy atom. The second-order valence-corrected chi connectivity index (χ2v) is 6.82. The van der Waals surface area contributed by atoms with Gasteiger partial charge in [-0.1, -0.05) is 0 Å². The maximum atomic E-state index is 13.1. The first-order valence-corrected chi connectivity index (χ1v) is 8.45. The maximum absolute atomic E-state index is 13.1. The third-order valence-corrected chi connectivity index (χ3v) is 5.62. The van der Waals surface area contributed by atoms with Crippen LogP contribution >= 0.6 is 0 Å². The third kappa shape index (κ3) is 2.17. The summed E-state index contributed by atoms with van der Waals surface area (Å²) in [6.45, 7) is 8.13. The first-order valence-electron chi connectivity index (χ1n) is 8.45. The average Bonchev–Trinajstić information content (AvgIpc) is 3.12. The number of nitrogens with zero attached hydrogens (tertiary/aromatic N) is 6. The molecule has 7 heteroatoms. The van der Waals surface area contributed by atoms with Gasteiger partial charge in [0.15, 0.2) is 0 Å². The molecule has 4 rings (SSSR count). The number of carbonyl (C=O) groups is 1. The summed E-state index contributed by atoms with van der Waals surface area (Å²) < 4.78 is 1.84. The lowest BCUT2D eigenvalue weighted by atomic mass is 10.0. The quantitative estimate of drug-likeness (QED) is 0.810. The molecular weight excluding hydrogens is 292 g/mol. The highest BCUT2D eigenvalue weighted by molar-refractivity contribution is 5.96. The van der Waals surface area contributed by atoms with E-state index in [-0.39, 0.29) is 11.9 Å². The lowest BCUT2D eigenvalue weighted by molar-refractivity contribution is -0.127. The minimum atomic E-state index is -0.0701. The van der Waals surface area contributed by atoms with E-state index in [0.29, 0.717) is 6.04 Å². The molecule has 1 aromatic rings. The molecule has 0 spiro atoms. The normalized spacial score (nSPS) is 28.1. The van der Waals surface area contributed by atoms with E-state index < -0.39 is 0 Å². The number of fused-ring (bicyclic) bond motifs is 1. The van der Waals surface area contributed by atoms with Gasteiger partial charge in [0.05, 0.1) is 11.6 Å². The summed E-state index contributed by atoms with van der Waals surface area (Å²) in [6, 6.07) is 0.478. The van der Waals surface area contributed by atoms with Crippen LogP contribution in [-0.4, -0.2) is 69.7 Å². The summed E-state index contributed by atoms with van der Waals surface area (Å²) in [5.74, 6) is 0.956.